The minimum absolute atomic E-state index is 0.0242. The second-order valence-corrected chi connectivity index (χ2v) is 5.67. The largest absolute Gasteiger partial charge is 0.469 e. The van der Waals surface area contributed by atoms with Crippen molar-refractivity contribution < 1.29 is 9.53 Å². The Balaban J connectivity index is 1.87. The molecule has 2 rings (SSSR count). The van der Waals surface area contributed by atoms with Crippen molar-refractivity contribution in [3.8, 4) is 0 Å². The number of methoxy groups -OCH3 is 1. The van der Waals surface area contributed by atoms with Crippen molar-refractivity contribution in [3.05, 3.63) is 35.4 Å². The zero-order valence-electron chi connectivity index (χ0n) is 13.6. The molecule has 5 nitrogen and oxygen atoms in total. The van der Waals surface area contributed by atoms with E-state index in [4.69, 9.17) is 4.74 Å². The van der Waals surface area contributed by atoms with Crippen LogP contribution in [0.25, 0.3) is 0 Å². The molecule has 1 N–H and O–H groups in total. The van der Waals surface area contributed by atoms with Gasteiger partial charge in [0.2, 0.25) is 0 Å². The highest BCUT2D eigenvalue weighted by molar-refractivity contribution is 5.80. The Bertz CT molecular complexity index is 534. The number of hydrogen-bond donors (Lipinski definition) is 1. The van der Waals surface area contributed by atoms with Crippen molar-refractivity contribution in [2.24, 2.45) is 10.9 Å². The lowest BCUT2D eigenvalue weighted by atomic mass is 9.97. The zero-order valence-corrected chi connectivity index (χ0v) is 13.6. The molecule has 1 aromatic carbocycles. The third kappa shape index (κ3) is 4.23. The maximum atomic E-state index is 11.6. The lowest BCUT2D eigenvalue weighted by molar-refractivity contribution is -0.146. The summed E-state index contributed by atoms with van der Waals surface area (Å²) in [6.45, 7) is 4.50. The molecule has 1 aromatic rings. The molecule has 22 heavy (non-hydrogen) atoms. The second kappa shape index (κ2) is 7.82. The molecule has 120 valence electrons. The van der Waals surface area contributed by atoms with E-state index in [0.717, 1.165) is 38.4 Å². The molecular weight excluding hydrogens is 278 g/mol. The van der Waals surface area contributed by atoms with E-state index in [1.807, 2.05) is 0 Å². The molecule has 0 unspecified atom stereocenters. The second-order valence-electron chi connectivity index (χ2n) is 5.67. The average Bonchev–Trinajstić information content (AvgIpc) is 2.55. The number of piperidine rings is 1. The summed E-state index contributed by atoms with van der Waals surface area (Å²) in [6.07, 6.45) is 1.63. The van der Waals surface area contributed by atoms with E-state index < -0.39 is 0 Å². The van der Waals surface area contributed by atoms with E-state index in [1.165, 1.54) is 18.2 Å². The lowest BCUT2D eigenvalue weighted by Crippen LogP contribution is -2.46. The van der Waals surface area contributed by atoms with Gasteiger partial charge in [-0.2, -0.15) is 0 Å². The monoisotopic (exact) mass is 303 g/mol. The van der Waals surface area contributed by atoms with Crippen LogP contribution >= 0.6 is 0 Å². The van der Waals surface area contributed by atoms with Crippen molar-refractivity contribution in [1.82, 2.24) is 10.2 Å². The standard InChI is InChI=1S/C17H25N3O2/c1-13-5-4-6-14(11-13)12-19-17(18-2)20-9-7-15(8-10-20)16(21)22-3/h4-6,11,15H,7-10,12H2,1-3H3,(H,18,19). The summed E-state index contributed by atoms with van der Waals surface area (Å²) in [5, 5.41) is 3.40. The topological polar surface area (TPSA) is 53.9 Å². The number of esters is 1. The van der Waals surface area contributed by atoms with Crippen LogP contribution in [0.4, 0.5) is 0 Å². The maximum Gasteiger partial charge on any atom is 0.308 e. The Morgan fingerprint density at radius 2 is 2.14 bits per heavy atom. The predicted molar refractivity (Wildman–Crippen MR) is 87.7 cm³/mol. The summed E-state index contributed by atoms with van der Waals surface area (Å²) in [7, 11) is 3.25. The molecule has 0 amide bonds. The number of nitrogens with zero attached hydrogens (tertiary/aromatic N) is 2. The molecule has 5 heteroatoms. The maximum absolute atomic E-state index is 11.6. The van der Waals surface area contributed by atoms with Crippen LogP contribution in [0, 0.1) is 12.8 Å². The molecule has 0 aromatic heterocycles. The van der Waals surface area contributed by atoms with Gasteiger partial charge in [0.1, 0.15) is 0 Å². The number of benzene rings is 1. The van der Waals surface area contributed by atoms with Crippen molar-refractivity contribution >= 4 is 11.9 Å². The number of ether oxygens (including phenoxy) is 1. The van der Waals surface area contributed by atoms with Gasteiger partial charge in [0.05, 0.1) is 13.0 Å². The SMILES string of the molecule is CN=C(NCc1cccc(C)c1)N1CCC(C(=O)OC)CC1. The lowest BCUT2D eigenvalue weighted by Gasteiger charge is -2.33. The first-order valence-corrected chi connectivity index (χ1v) is 7.73. The zero-order chi connectivity index (χ0) is 15.9. The number of carbonyl (C=O) groups is 1. The summed E-state index contributed by atoms with van der Waals surface area (Å²) < 4.78 is 4.82. The van der Waals surface area contributed by atoms with E-state index in [9.17, 15) is 4.79 Å². The van der Waals surface area contributed by atoms with Gasteiger partial charge >= 0.3 is 5.97 Å². The van der Waals surface area contributed by atoms with Gasteiger partial charge in [0, 0.05) is 26.7 Å². The summed E-state index contributed by atoms with van der Waals surface area (Å²) >= 11 is 0. The van der Waals surface area contributed by atoms with Gasteiger partial charge in [-0.05, 0) is 25.3 Å². The van der Waals surface area contributed by atoms with Crippen LogP contribution in [0.3, 0.4) is 0 Å². The average molecular weight is 303 g/mol. The minimum Gasteiger partial charge on any atom is -0.469 e. The van der Waals surface area contributed by atoms with Crippen LogP contribution in [-0.4, -0.2) is 44.1 Å². The first-order chi connectivity index (χ1) is 10.6. The molecule has 0 bridgehead atoms. The van der Waals surface area contributed by atoms with Gasteiger partial charge in [0.15, 0.2) is 5.96 Å². The van der Waals surface area contributed by atoms with Crippen LogP contribution < -0.4 is 5.32 Å². The number of aliphatic imine (C=N–C) groups is 1. The van der Waals surface area contributed by atoms with Gasteiger partial charge in [0.25, 0.3) is 0 Å². The van der Waals surface area contributed by atoms with E-state index in [2.05, 4.69) is 46.4 Å². The molecule has 0 saturated carbocycles. The molecule has 0 radical (unpaired) electrons. The van der Waals surface area contributed by atoms with E-state index >= 15 is 0 Å². The summed E-state index contributed by atoms with van der Waals surface area (Å²) in [4.78, 5) is 18.1. The number of nitrogens with one attached hydrogen (secondary N) is 1. The molecule has 0 spiro atoms. The van der Waals surface area contributed by atoms with Crippen molar-refractivity contribution in [1.29, 1.82) is 0 Å². The number of aryl methyl sites for hydroxylation is 1. The Labute approximate surface area is 132 Å². The Hall–Kier alpha value is -2.04. The third-order valence-electron chi connectivity index (χ3n) is 4.07. The van der Waals surface area contributed by atoms with E-state index in [1.54, 1.807) is 7.05 Å². The number of hydrogen-bond acceptors (Lipinski definition) is 3. The van der Waals surface area contributed by atoms with Crippen LogP contribution in [0.5, 0.6) is 0 Å². The van der Waals surface area contributed by atoms with Crippen LogP contribution in [0.1, 0.15) is 24.0 Å². The third-order valence-corrected chi connectivity index (χ3v) is 4.07. The molecule has 0 aliphatic carbocycles. The van der Waals surface area contributed by atoms with Crippen LogP contribution in [0.2, 0.25) is 0 Å². The fourth-order valence-electron chi connectivity index (χ4n) is 2.83. The van der Waals surface area contributed by atoms with Gasteiger partial charge in [-0.1, -0.05) is 29.8 Å². The van der Waals surface area contributed by atoms with Crippen molar-refractivity contribution in [2.75, 3.05) is 27.2 Å². The van der Waals surface area contributed by atoms with Crippen molar-refractivity contribution in [3.63, 3.8) is 0 Å². The smallest absolute Gasteiger partial charge is 0.308 e. The molecule has 1 heterocycles. The summed E-state index contributed by atoms with van der Waals surface area (Å²) in [6, 6.07) is 8.44. The highest BCUT2D eigenvalue weighted by Crippen LogP contribution is 2.18. The molecule has 1 aliphatic heterocycles. The van der Waals surface area contributed by atoms with Gasteiger partial charge in [-0.3, -0.25) is 9.79 Å². The normalized spacial score (nSPS) is 16.5. The van der Waals surface area contributed by atoms with Crippen molar-refractivity contribution in [2.45, 2.75) is 26.3 Å². The number of likely N-dealkylation sites (tertiary alicyclic amines) is 1. The fourth-order valence-corrected chi connectivity index (χ4v) is 2.83. The highest BCUT2D eigenvalue weighted by Gasteiger charge is 2.26. The molecule has 1 aliphatic rings. The number of rotatable bonds is 3. The predicted octanol–water partition coefficient (Wildman–Crippen LogP) is 1.96. The van der Waals surface area contributed by atoms with Gasteiger partial charge < -0.3 is 15.0 Å². The molecule has 0 atom stereocenters. The fraction of sp³-hybridized carbons (Fsp3) is 0.529. The van der Waals surface area contributed by atoms with E-state index in [0.29, 0.717) is 0 Å². The summed E-state index contributed by atoms with van der Waals surface area (Å²) in [5.41, 5.74) is 2.50. The Morgan fingerprint density at radius 3 is 2.73 bits per heavy atom. The van der Waals surface area contributed by atoms with Gasteiger partial charge in [-0.15, -0.1) is 0 Å². The molecular formula is C17H25N3O2. The van der Waals surface area contributed by atoms with Crippen LogP contribution in [0.15, 0.2) is 29.3 Å². The highest BCUT2D eigenvalue weighted by atomic mass is 16.5. The first-order valence-electron chi connectivity index (χ1n) is 7.73. The Morgan fingerprint density at radius 1 is 1.41 bits per heavy atom. The van der Waals surface area contributed by atoms with Gasteiger partial charge in [-0.25, -0.2) is 0 Å². The van der Waals surface area contributed by atoms with E-state index in [-0.39, 0.29) is 11.9 Å². The number of carbonyl (C=O) groups excluding carboxylic acids is 1. The quantitative estimate of drug-likeness (QED) is 0.527. The van der Waals surface area contributed by atoms with Crippen LogP contribution in [-0.2, 0) is 16.1 Å². The minimum atomic E-state index is -0.0950. The molecule has 1 saturated heterocycles. The number of guanidine groups is 1. The molecule has 1 fully saturated rings. The summed E-state index contributed by atoms with van der Waals surface area (Å²) in [5.74, 6) is 0.823. The first kappa shape index (κ1) is 16.3. The Kier molecular flexibility index (Phi) is 5.81.